The lowest BCUT2D eigenvalue weighted by molar-refractivity contribution is 0.131. The number of halogens is 1. The smallest absolute Gasteiger partial charge is 0.191 e. The molecule has 1 aromatic rings. The molecule has 146 valence electrons. The van der Waals surface area contributed by atoms with E-state index in [0.717, 1.165) is 43.4 Å². The van der Waals surface area contributed by atoms with Gasteiger partial charge in [-0.25, -0.2) is 4.39 Å². The summed E-state index contributed by atoms with van der Waals surface area (Å²) >= 11 is 1.69. The Kier molecular flexibility index (Phi) is 9.22. The van der Waals surface area contributed by atoms with Gasteiger partial charge in [-0.3, -0.25) is 4.99 Å². The molecule has 7 heteroatoms. The Labute approximate surface area is 159 Å². The fraction of sp³-hybridized carbons (Fsp3) is 0.632. The molecule has 0 bridgehead atoms. The van der Waals surface area contributed by atoms with Crippen LogP contribution < -0.4 is 10.6 Å². The van der Waals surface area contributed by atoms with Crippen LogP contribution in [0.4, 0.5) is 4.39 Å². The molecule has 26 heavy (non-hydrogen) atoms. The molecule has 5 nitrogen and oxygen atoms in total. The number of thioether (sulfide) groups is 1. The van der Waals surface area contributed by atoms with Crippen molar-refractivity contribution in [3.63, 3.8) is 0 Å². The largest absolute Gasteiger partial charge is 0.396 e. The highest BCUT2D eigenvalue weighted by Crippen LogP contribution is 2.32. The molecule has 2 rings (SSSR count). The Bertz CT molecular complexity index is 565. The molecule has 1 atom stereocenters. The number of aliphatic hydroxyl groups is 1. The number of nitrogens with zero attached hydrogens (tertiary/aromatic N) is 1. The van der Waals surface area contributed by atoms with E-state index in [2.05, 4.69) is 10.6 Å². The van der Waals surface area contributed by atoms with E-state index in [0.29, 0.717) is 25.3 Å². The van der Waals surface area contributed by atoms with Crippen molar-refractivity contribution in [2.24, 2.45) is 10.4 Å². The minimum absolute atomic E-state index is 0.0450. The van der Waals surface area contributed by atoms with Crippen LogP contribution >= 0.6 is 11.8 Å². The van der Waals surface area contributed by atoms with Crippen LogP contribution in [-0.4, -0.2) is 56.3 Å². The summed E-state index contributed by atoms with van der Waals surface area (Å²) in [5.74, 6) is 2.17. The highest BCUT2D eigenvalue weighted by molar-refractivity contribution is 7.98. The van der Waals surface area contributed by atoms with E-state index in [4.69, 9.17) is 9.73 Å². The Balaban J connectivity index is 1.75. The van der Waals surface area contributed by atoms with Crippen molar-refractivity contribution >= 4 is 17.7 Å². The van der Waals surface area contributed by atoms with Gasteiger partial charge in [0.25, 0.3) is 0 Å². The summed E-state index contributed by atoms with van der Waals surface area (Å²) in [6.07, 6.45) is 1.66. The normalized spacial score (nSPS) is 20.3. The zero-order valence-corrected chi connectivity index (χ0v) is 16.3. The van der Waals surface area contributed by atoms with Gasteiger partial charge in [0, 0.05) is 43.2 Å². The second-order valence-electron chi connectivity index (χ2n) is 6.54. The highest BCUT2D eigenvalue weighted by atomic mass is 32.2. The van der Waals surface area contributed by atoms with Gasteiger partial charge >= 0.3 is 0 Å². The van der Waals surface area contributed by atoms with Crippen molar-refractivity contribution in [3.8, 4) is 0 Å². The van der Waals surface area contributed by atoms with Crippen molar-refractivity contribution < 1.29 is 14.2 Å². The molecular weight excluding hydrogens is 353 g/mol. The fourth-order valence-electron chi connectivity index (χ4n) is 2.92. The molecule has 0 spiro atoms. The number of rotatable bonds is 10. The molecular formula is C19H30FN3O2S. The number of ether oxygens (including phenoxy) is 1. The Hall–Kier alpha value is -1.31. The molecule has 0 aliphatic carbocycles. The van der Waals surface area contributed by atoms with E-state index in [-0.39, 0.29) is 17.8 Å². The molecule has 3 N–H and O–H groups in total. The van der Waals surface area contributed by atoms with Crippen LogP contribution in [0, 0.1) is 11.2 Å². The van der Waals surface area contributed by atoms with E-state index in [9.17, 15) is 9.50 Å². The van der Waals surface area contributed by atoms with Gasteiger partial charge in [0.2, 0.25) is 0 Å². The van der Waals surface area contributed by atoms with Crippen LogP contribution in [0.5, 0.6) is 0 Å². The van der Waals surface area contributed by atoms with E-state index in [1.807, 2.05) is 19.1 Å². The predicted molar refractivity (Wildman–Crippen MR) is 106 cm³/mol. The van der Waals surface area contributed by atoms with Gasteiger partial charge in [-0.15, -0.1) is 0 Å². The molecule has 1 aromatic carbocycles. The first-order chi connectivity index (χ1) is 12.7. The third kappa shape index (κ3) is 6.78. The van der Waals surface area contributed by atoms with Gasteiger partial charge in [-0.2, -0.15) is 11.8 Å². The molecule has 0 aromatic heterocycles. The third-order valence-electron chi connectivity index (χ3n) is 4.50. The lowest BCUT2D eigenvalue weighted by Gasteiger charge is -2.24. The molecule has 1 saturated heterocycles. The van der Waals surface area contributed by atoms with Crippen LogP contribution in [0.2, 0.25) is 0 Å². The maximum atomic E-state index is 13.6. The lowest BCUT2D eigenvalue weighted by Crippen LogP contribution is -2.39. The van der Waals surface area contributed by atoms with Crippen molar-refractivity contribution in [1.29, 1.82) is 0 Å². The standard InChI is InChI=1S/C19H30FN3O2S/c1-2-21-18(23-14-19(7-10-24)8-11-25-15-19)22-9-12-26-13-16-5-3-4-6-17(16)20/h3-6,24H,2,7-15H2,1H3,(H2,21,22,23). The van der Waals surface area contributed by atoms with Gasteiger partial charge in [0.15, 0.2) is 5.96 Å². The zero-order chi connectivity index (χ0) is 18.7. The molecule has 1 aliphatic heterocycles. The predicted octanol–water partition coefficient (Wildman–Crippen LogP) is 2.40. The Morgan fingerprint density at radius 1 is 1.38 bits per heavy atom. The maximum Gasteiger partial charge on any atom is 0.191 e. The topological polar surface area (TPSA) is 65.9 Å². The first kappa shape index (κ1) is 21.0. The van der Waals surface area contributed by atoms with Crippen molar-refractivity contribution in [2.75, 3.05) is 45.2 Å². The molecule has 0 saturated carbocycles. The number of guanidine groups is 1. The lowest BCUT2D eigenvalue weighted by atomic mass is 9.84. The number of hydrogen-bond acceptors (Lipinski definition) is 4. The summed E-state index contributed by atoms with van der Waals surface area (Å²) < 4.78 is 19.1. The van der Waals surface area contributed by atoms with Crippen molar-refractivity contribution in [1.82, 2.24) is 10.6 Å². The quantitative estimate of drug-likeness (QED) is 0.329. The Morgan fingerprint density at radius 3 is 2.92 bits per heavy atom. The summed E-state index contributed by atoms with van der Waals surface area (Å²) in [5.41, 5.74) is 0.696. The van der Waals surface area contributed by atoms with E-state index in [1.165, 1.54) is 6.07 Å². The van der Waals surface area contributed by atoms with Crippen LogP contribution in [-0.2, 0) is 10.5 Å². The molecule has 0 amide bonds. The highest BCUT2D eigenvalue weighted by Gasteiger charge is 2.34. The summed E-state index contributed by atoms with van der Waals surface area (Å²) in [4.78, 5) is 4.69. The van der Waals surface area contributed by atoms with Gasteiger partial charge in [0.05, 0.1) is 13.2 Å². The molecule has 1 unspecified atom stereocenters. The molecule has 0 radical (unpaired) electrons. The average Bonchev–Trinajstić information content (AvgIpc) is 3.10. The minimum atomic E-state index is -0.143. The van der Waals surface area contributed by atoms with E-state index < -0.39 is 0 Å². The third-order valence-corrected chi connectivity index (χ3v) is 5.51. The number of hydrogen-bond donors (Lipinski definition) is 3. The molecule has 1 aliphatic rings. The zero-order valence-electron chi connectivity index (χ0n) is 15.5. The van der Waals surface area contributed by atoms with Crippen LogP contribution in [0.3, 0.4) is 0 Å². The summed E-state index contributed by atoms with van der Waals surface area (Å²) in [6, 6.07) is 6.90. The number of aliphatic hydroxyl groups excluding tert-OH is 1. The van der Waals surface area contributed by atoms with Crippen molar-refractivity contribution in [2.45, 2.75) is 25.5 Å². The monoisotopic (exact) mass is 383 g/mol. The van der Waals surface area contributed by atoms with Gasteiger partial charge in [-0.1, -0.05) is 18.2 Å². The van der Waals surface area contributed by atoms with Gasteiger partial charge in [-0.05, 0) is 31.4 Å². The van der Waals surface area contributed by atoms with Crippen LogP contribution in [0.25, 0.3) is 0 Å². The first-order valence-electron chi connectivity index (χ1n) is 9.21. The maximum absolute atomic E-state index is 13.6. The van der Waals surface area contributed by atoms with E-state index in [1.54, 1.807) is 17.8 Å². The van der Waals surface area contributed by atoms with Gasteiger partial charge in [0.1, 0.15) is 5.82 Å². The molecule has 1 fully saturated rings. The fourth-order valence-corrected chi connectivity index (χ4v) is 3.76. The van der Waals surface area contributed by atoms with Crippen LogP contribution in [0.15, 0.2) is 29.3 Å². The van der Waals surface area contributed by atoms with Crippen LogP contribution in [0.1, 0.15) is 25.3 Å². The summed E-state index contributed by atoms with van der Waals surface area (Å²) in [7, 11) is 0. The number of aliphatic imine (C=N–C) groups is 1. The van der Waals surface area contributed by atoms with E-state index >= 15 is 0 Å². The second kappa shape index (κ2) is 11.4. The number of nitrogens with one attached hydrogen (secondary N) is 2. The van der Waals surface area contributed by atoms with Crippen molar-refractivity contribution in [3.05, 3.63) is 35.6 Å². The first-order valence-corrected chi connectivity index (χ1v) is 10.4. The minimum Gasteiger partial charge on any atom is -0.396 e. The molecule has 1 heterocycles. The number of benzene rings is 1. The summed E-state index contributed by atoms with van der Waals surface area (Å²) in [6.45, 7) is 5.79. The summed E-state index contributed by atoms with van der Waals surface area (Å²) in [5, 5.41) is 15.9. The average molecular weight is 384 g/mol. The Morgan fingerprint density at radius 2 is 2.23 bits per heavy atom. The van der Waals surface area contributed by atoms with Gasteiger partial charge < -0.3 is 20.5 Å². The second-order valence-corrected chi connectivity index (χ2v) is 7.65. The SMILES string of the molecule is CCNC(=NCC1(CCO)CCOC1)NCCSCc1ccccc1F.